The molecule has 3 rings (SSSR count). The summed E-state index contributed by atoms with van der Waals surface area (Å²) in [6.07, 6.45) is -1.34. The van der Waals surface area contributed by atoms with Crippen LogP contribution in [0.15, 0.2) is 41.8 Å². The fourth-order valence-corrected chi connectivity index (χ4v) is 3.09. The Labute approximate surface area is 116 Å². The molecule has 0 aliphatic heterocycles. The van der Waals surface area contributed by atoms with Crippen molar-refractivity contribution in [2.24, 2.45) is 0 Å². The number of thiophene rings is 1. The smallest absolute Gasteiger partial charge is 0.194 e. The Kier molecular flexibility index (Phi) is 3.23. The topological polar surface area (TPSA) is 20.2 Å². The highest BCUT2D eigenvalue weighted by atomic mass is 32.1. The molecule has 1 unspecified atom stereocenters. The number of halogens is 3. The molecule has 0 spiro atoms. The van der Waals surface area contributed by atoms with Crippen LogP contribution in [0.25, 0.3) is 10.1 Å². The third kappa shape index (κ3) is 1.99. The van der Waals surface area contributed by atoms with Gasteiger partial charge in [0, 0.05) is 15.8 Å². The van der Waals surface area contributed by atoms with E-state index in [4.69, 9.17) is 0 Å². The highest BCUT2D eigenvalue weighted by Gasteiger charge is 2.22. The van der Waals surface area contributed by atoms with Crippen LogP contribution in [0, 0.1) is 17.5 Å². The van der Waals surface area contributed by atoms with Crippen LogP contribution >= 0.6 is 11.3 Å². The average molecular weight is 294 g/mol. The average Bonchev–Trinajstić information content (AvgIpc) is 2.92. The molecule has 20 heavy (non-hydrogen) atoms. The summed E-state index contributed by atoms with van der Waals surface area (Å²) in [5, 5.41) is 13.0. The summed E-state index contributed by atoms with van der Waals surface area (Å²) in [7, 11) is 0. The van der Waals surface area contributed by atoms with Crippen molar-refractivity contribution in [2.45, 2.75) is 6.10 Å². The van der Waals surface area contributed by atoms with Crippen LogP contribution in [0.4, 0.5) is 13.2 Å². The third-order valence-corrected chi connectivity index (χ3v) is 4.14. The fourth-order valence-electron chi connectivity index (χ4n) is 2.15. The highest BCUT2D eigenvalue weighted by molar-refractivity contribution is 7.17. The van der Waals surface area contributed by atoms with Gasteiger partial charge in [0.05, 0.1) is 0 Å². The first-order chi connectivity index (χ1) is 9.59. The number of benzene rings is 2. The minimum atomic E-state index is -1.57. The lowest BCUT2D eigenvalue weighted by Crippen LogP contribution is -2.05. The zero-order valence-corrected chi connectivity index (χ0v) is 10.9. The van der Waals surface area contributed by atoms with Gasteiger partial charge in [-0.25, -0.2) is 13.2 Å². The van der Waals surface area contributed by atoms with E-state index in [0.717, 1.165) is 22.2 Å². The molecule has 0 aliphatic carbocycles. The molecule has 5 heteroatoms. The SMILES string of the molecule is OC(c1ccc(F)c(F)c1F)c1cccc2ccsc12. The molecular weight excluding hydrogens is 285 g/mol. The summed E-state index contributed by atoms with van der Waals surface area (Å²) in [5.41, 5.74) is 0.201. The van der Waals surface area contributed by atoms with E-state index in [1.807, 2.05) is 17.5 Å². The van der Waals surface area contributed by atoms with E-state index in [1.165, 1.54) is 11.3 Å². The van der Waals surface area contributed by atoms with Crippen LogP contribution in [0.2, 0.25) is 0 Å². The molecule has 0 saturated carbocycles. The molecule has 2 aromatic carbocycles. The Morgan fingerprint density at radius 3 is 2.50 bits per heavy atom. The van der Waals surface area contributed by atoms with Gasteiger partial charge in [0.1, 0.15) is 6.10 Å². The van der Waals surface area contributed by atoms with Gasteiger partial charge in [0.25, 0.3) is 0 Å². The first-order valence-electron chi connectivity index (χ1n) is 5.87. The van der Waals surface area contributed by atoms with Gasteiger partial charge in [-0.2, -0.15) is 0 Å². The van der Waals surface area contributed by atoms with Crippen molar-refractivity contribution < 1.29 is 18.3 Å². The molecular formula is C15H9F3OS. The van der Waals surface area contributed by atoms with E-state index >= 15 is 0 Å². The van der Waals surface area contributed by atoms with Gasteiger partial charge in [-0.05, 0) is 22.9 Å². The Hall–Kier alpha value is -1.85. The van der Waals surface area contributed by atoms with Crippen LogP contribution in [-0.2, 0) is 0 Å². The van der Waals surface area contributed by atoms with Crippen molar-refractivity contribution in [2.75, 3.05) is 0 Å². The Bertz CT molecular complexity index is 782. The number of rotatable bonds is 2. The lowest BCUT2D eigenvalue weighted by molar-refractivity contribution is 0.214. The monoisotopic (exact) mass is 294 g/mol. The molecule has 1 aromatic heterocycles. The van der Waals surface area contributed by atoms with Crippen LogP contribution in [0.3, 0.4) is 0 Å². The summed E-state index contributed by atoms with van der Waals surface area (Å²) in [6.45, 7) is 0. The highest BCUT2D eigenvalue weighted by Crippen LogP contribution is 2.33. The van der Waals surface area contributed by atoms with Crippen molar-refractivity contribution in [3.63, 3.8) is 0 Å². The van der Waals surface area contributed by atoms with Crippen LogP contribution < -0.4 is 0 Å². The van der Waals surface area contributed by atoms with Crippen LogP contribution in [0.1, 0.15) is 17.2 Å². The van der Waals surface area contributed by atoms with Crippen LogP contribution in [-0.4, -0.2) is 5.11 Å². The van der Waals surface area contributed by atoms with Gasteiger partial charge in [-0.3, -0.25) is 0 Å². The Morgan fingerprint density at radius 2 is 1.70 bits per heavy atom. The largest absolute Gasteiger partial charge is 0.383 e. The number of hydrogen-bond donors (Lipinski definition) is 1. The number of hydrogen-bond acceptors (Lipinski definition) is 2. The second-order valence-electron chi connectivity index (χ2n) is 4.35. The molecule has 1 atom stereocenters. The Morgan fingerprint density at radius 1 is 0.900 bits per heavy atom. The van der Waals surface area contributed by atoms with E-state index in [2.05, 4.69) is 0 Å². The fraction of sp³-hybridized carbons (Fsp3) is 0.0667. The standard InChI is InChI=1S/C15H9F3OS/c16-11-5-4-9(12(17)13(11)18)14(19)10-3-1-2-8-6-7-20-15(8)10/h1-7,14,19H. The predicted molar refractivity (Wildman–Crippen MR) is 72.2 cm³/mol. The van der Waals surface area contributed by atoms with Gasteiger partial charge < -0.3 is 5.11 Å². The maximum absolute atomic E-state index is 13.8. The molecule has 3 aromatic rings. The van der Waals surface area contributed by atoms with Gasteiger partial charge in [0.15, 0.2) is 17.5 Å². The lowest BCUT2D eigenvalue weighted by Gasteiger charge is -2.14. The quantitative estimate of drug-likeness (QED) is 0.695. The Balaban J connectivity index is 2.16. The molecule has 0 radical (unpaired) electrons. The molecule has 0 saturated heterocycles. The minimum absolute atomic E-state index is 0.273. The molecule has 1 N–H and O–H groups in total. The summed E-state index contributed by atoms with van der Waals surface area (Å²) in [4.78, 5) is 0. The lowest BCUT2D eigenvalue weighted by atomic mass is 9.99. The zero-order valence-electron chi connectivity index (χ0n) is 10.1. The molecule has 1 nitrogen and oxygen atoms in total. The van der Waals surface area contributed by atoms with E-state index in [1.54, 1.807) is 12.1 Å². The van der Waals surface area contributed by atoms with Crippen LogP contribution in [0.5, 0.6) is 0 Å². The molecule has 0 bridgehead atoms. The summed E-state index contributed by atoms with van der Waals surface area (Å²) >= 11 is 1.40. The van der Waals surface area contributed by atoms with E-state index in [9.17, 15) is 18.3 Å². The van der Waals surface area contributed by atoms with Crippen molar-refractivity contribution in [1.29, 1.82) is 0 Å². The maximum atomic E-state index is 13.8. The van der Waals surface area contributed by atoms with E-state index in [0.29, 0.717) is 5.56 Å². The maximum Gasteiger partial charge on any atom is 0.194 e. The third-order valence-electron chi connectivity index (χ3n) is 3.16. The number of aliphatic hydroxyl groups is 1. The molecule has 102 valence electrons. The van der Waals surface area contributed by atoms with E-state index < -0.39 is 23.6 Å². The van der Waals surface area contributed by atoms with Crippen molar-refractivity contribution in [3.05, 3.63) is 70.4 Å². The first-order valence-corrected chi connectivity index (χ1v) is 6.75. The van der Waals surface area contributed by atoms with Gasteiger partial charge in [-0.15, -0.1) is 11.3 Å². The molecule has 0 aliphatic rings. The predicted octanol–water partition coefficient (Wildman–Crippen LogP) is 4.40. The first kappa shape index (κ1) is 13.1. The second kappa shape index (κ2) is 4.92. The van der Waals surface area contributed by atoms with Gasteiger partial charge in [0.2, 0.25) is 0 Å². The number of fused-ring (bicyclic) bond motifs is 1. The molecule has 0 amide bonds. The molecule has 1 heterocycles. The number of aliphatic hydroxyl groups excluding tert-OH is 1. The summed E-state index contributed by atoms with van der Waals surface area (Å²) in [5.74, 6) is -4.20. The summed E-state index contributed by atoms with van der Waals surface area (Å²) < 4.78 is 40.7. The zero-order chi connectivity index (χ0) is 14.3. The normalized spacial score (nSPS) is 12.8. The van der Waals surface area contributed by atoms with Gasteiger partial charge >= 0.3 is 0 Å². The summed E-state index contributed by atoms with van der Waals surface area (Å²) in [6, 6.07) is 8.98. The van der Waals surface area contributed by atoms with Crippen molar-refractivity contribution in [3.8, 4) is 0 Å². The second-order valence-corrected chi connectivity index (χ2v) is 5.27. The van der Waals surface area contributed by atoms with Crippen molar-refractivity contribution in [1.82, 2.24) is 0 Å². The minimum Gasteiger partial charge on any atom is -0.383 e. The van der Waals surface area contributed by atoms with Gasteiger partial charge in [-0.1, -0.05) is 24.3 Å². The van der Waals surface area contributed by atoms with Crippen molar-refractivity contribution >= 4 is 21.4 Å². The van der Waals surface area contributed by atoms with E-state index in [-0.39, 0.29) is 5.56 Å². The molecule has 0 fully saturated rings.